The molecule has 1 aromatic heterocycles. The molecule has 1 unspecified atom stereocenters. The minimum Gasteiger partial charge on any atom is -0.493 e. The van der Waals surface area contributed by atoms with E-state index in [1.54, 1.807) is 6.20 Å². The van der Waals surface area contributed by atoms with Gasteiger partial charge in [0.05, 0.1) is 19.1 Å². The number of ether oxygens (including phenoxy) is 1. The molecule has 196 valence electrons. The molecule has 1 aromatic carbocycles. The van der Waals surface area contributed by atoms with Crippen molar-refractivity contribution >= 4 is 11.9 Å². The Kier molecular flexibility index (Phi) is 9.02. The number of carbonyl (C=O) groups excluding carboxylic acids is 1. The van der Waals surface area contributed by atoms with Gasteiger partial charge in [-0.25, -0.2) is 0 Å². The zero-order valence-corrected chi connectivity index (χ0v) is 21.6. The van der Waals surface area contributed by atoms with Gasteiger partial charge >= 0.3 is 5.97 Å². The predicted molar refractivity (Wildman–Crippen MR) is 138 cm³/mol. The van der Waals surface area contributed by atoms with E-state index < -0.39 is 11.9 Å². The van der Waals surface area contributed by atoms with Crippen LogP contribution in [0.4, 0.5) is 0 Å². The van der Waals surface area contributed by atoms with Gasteiger partial charge in [0, 0.05) is 57.0 Å². The third kappa shape index (κ3) is 6.09. The first-order valence-electron chi connectivity index (χ1n) is 13.5. The fourth-order valence-electron chi connectivity index (χ4n) is 5.66. The molecule has 8 heteroatoms. The molecule has 36 heavy (non-hydrogen) atoms. The summed E-state index contributed by atoms with van der Waals surface area (Å²) in [4.78, 5) is 30.2. The number of fused-ring (bicyclic) bond motifs is 1. The van der Waals surface area contributed by atoms with E-state index in [-0.39, 0.29) is 24.4 Å². The Hall–Kier alpha value is -2.87. The fourth-order valence-corrected chi connectivity index (χ4v) is 5.66. The molecule has 4 rings (SSSR count). The largest absolute Gasteiger partial charge is 0.493 e. The molecule has 0 saturated carbocycles. The van der Waals surface area contributed by atoms with Crippen molar-refractivity contribution in [2.45, 2.75) is 70.9 Å². The third-order valence-corrected chi connectivity index (χ3v) is 7.64. The molecular formula is C28H40N4O4. The number of benzene rings is 1. The van der Waals surface area contributed by atoms with Crippen LogP contribution < -0.4 is 4.74 Å². The number of carboxylic acids is 1. The summed E-state index contributed by atoms with van der Waals surface area (Å²) in [6, 6.07) is 7.73. The van der Waals surface area contributed by atoms with Crippen molar-refractivity contribution < 1.29 is 19.4 Å². The van der Waals surface area contributed by atoms with Crippen LogP contribution in [0, 0.1) is 5.92 Å². The second-order valence-electron chi connectivity index (χ2n) is 10.1. The number of unbranched alkanes of at least 4 members (excludes halogenated alkanes) is 2. The monoisotopic (exact) mass is 496 g/mol. The van der Waals surface area contributed by atoms with Crippen LogP contribution in [0.1, 0.15) is 63.0 Å². The van der Waals surface area contributed by atoms with Crippen molar-refractivity contribution in [3.8, 4) is 5.75 Å². The maximum absolute atomic E-state index is 13.5. The molecule has 0 bridgehead atoms. The fraction of sp³-hybridized carbons (Fsp3) is 0.607. The lowest BCUT2D eigenvalue weighted by Gasteiger charge is -2.29. The van der Waals surface area contributed by atoms with Crippen LogP contribution in [-0.4, -0.2) is 75.4 Å². The maximum atomic E-state index is 13.5. The van der Waals surface area contributed by atoms with Gasteiger partial charge in [0.2, 0.25) is 5.91 Å². The Balaban J connectivity index is 1.58. The predicted octanol–water partition coefficient (Wildman–Crippen LogP) is 3.81. The van der Waals surface area contributed by atoms with Crippen LogP contribution in [0.25, 0.3) is 0 Å². The number of likely N-dealkylation sites (tertiary alicyclic amines) is 1. The Morgan fingerprint density at radius 3 is 2.64 bits per heavy atom. The summed E-state index contributed by atoms with van der Waals surface area (Å²) in [5.41, 5.74) is 2.17. The highest BCUT2D eigenvalue weighted by atomic mass is 16.5. The minimum absolute atomic E-state index is 0.105. The van der Waals surface area contributed by atoms with Gasteiger partial charge in [-0.05, 0) is 42.5 Å². The van der Waals surface area contributed by atoms with Crippen LogP contribution in [0.2, 0.25) is 0 Å². The molecule has 2 aliphatic rings. The van der Waals surface area contributed by atoms with Gasteiger partial charge < -0.3 is 14.7 Å². The number of aromatic nitrogens is 2. The second kappa shape index (κ2) is 12.4. The highest BCUT2D eigenvalue weighted by Crippen LogP contribution is 2.41. The summed E-state index contributed by atoms with van der Waals surface area (Å²) in [5, 5.41) is 14.7. The first-order valence-corrected chi connectivity index (χ1v) is 13.5. The Morgan fingerprint density at radius 1 is 1.19 bits per heavy atom. The molecule has 1 saturated heterocycles. The van der Waals surface area contributed by atoms with Crippen molar-refractivity contribution in [2.75, 3.05) is 32.8 Å². The van der Waals surface area contributed by atoms with E-state index in [2.05, 4.69) is 29.9 Å². The number of hydrogen-bond donors (Lipinski definition) is 1. The van der Waals surface area contributed by atoms with Gasteiger partial charge in [-0.2, -0.15) is 5.10 Å². The van der Waals surface area contributed by atoms with E-state index in [1.807, 2.05) is 34.0 Å². The normalized spacial score (nSPS) is 21.3. The molecule has 1 amide bonds. The Labute approximate surface area is 214 Å². The van der Waals surface area contributed by atoms with Gasteiger partial charge in [0.15, 0.2) is 0 Å². The molecule has 8 nitrogen and oxygen atoms in total. The molecule has 0 spiro atoms. The SMILES string of the molecule is CCCCN(CCCC)C(=O)CN1C[C@H](c2ccc3c(c2)CCO3)C(C(=O)O)[C@@H]1CCn1cccn1. The average Bonchev–Trinajstić information content (AvgIpc) is 3.62. The van der Waals surface area contributed by atoms with E-state index >= 15 is 0 Å². The third-order valence-electron chi connectivity index (χ3n) is 7.64. The molecule has 0 aliphatic carbocycles. The van der Waals surface area contributed by atoms with Crippen LogP contribution >= 0.6 is 0 Å². The number of carboxylic acid groups (broad SMARTS) is 1. The lowest BCUT2D eigenvalue weighted by molar-refractivity contribution is -0.144. The zero-order valence-electron chi connectivity index (χ0n) is 21.6. The van der Waals surface area contributed by atoms with Crippen molar-refractivity contribution in [1.82, 2.24) is 19.6 Å². The second-order valence-corrected chi connectivity index (χ2v) is 10.1. The number of aliphatic carboxylic acids is 1. The molecule has 3 atom stereocenters. The van der Waals surface area contributed by atoms with Crippen LogP contribution in [-0.2, 0) is 22.6 Å². The topological polar surface area (TPSA) is 87.9 Å². The Morgan fingerprint density at radius 2 is 1.97 bits per heavy atom. The van der Waals surface area contributed by atoms with Crippen LogP contribution in [0.3, 0.4) is 0 Å². The van der Waals surface area contributed by atoms with Gasteiger partial charge in [-0.1, -0.05) is 38.8 Å². The number of rotatable bonds is 13. The van der Waals surface area contributed by atoms with E-state index in [1.165, 1.54) is 0 Å². The summed E-state index contributed by atoms with van der Waals surface area (Å²) in [5.74, 6) is -0.565. The molecule has 1 fully saturated rings. The van der Waals surface area contributed by atoms with Gasteiger partial charge in [-0.3, -0.25) is 19.2 Å². The van der Waals surface area contributed by atoms with Gasteiger partial charge in [0.25, 0.3) is 0 Å². The first kappa shape index (κ1) is 26.2. The number of nitrogens with zero attached hydrogens (tertiary/aromatic N) is 4. The highest BCUT2D eigenvalue weighted by Gasteiger charge is 2.47. The van der Waals surface area contributed by atoms with Crippen molar-refractivity contribution in [2.24, 2.45) is 5.92 Å². The van der Waals surface area contributed by atoms with E-state index in [0.717, 1.165) is 62.1 Å². The molecule has 2 aliphatic heterocycles. The van der Waals surface area contributed by atoms with E-state index in [0.29, 0.717) is 26.1 Å². The zero-order chi connectivity index (χ0) is 25.5. The van der Waals surface area contributed by atoms with Gasteiger partial charge in [-0.15, -0.1) is 0 Å². The number of amides is 1. The number of hydrogen-bond acceptors (Lipinski definition) is 5. The summed E-state index contributed by atoms with van der Waals surface area (Å²) < 4.78 is 7.51. The minimum atomic E-state index is -0.800. The molecule has 1 N–H and O–H groups in total. The summed E-state index contributed by atoms with van der Waals surface area (Å²) in [7, 11) is 0. The smallest absolute Gasteiger partial charge is 0.308 e. The molecular weight excluding hydrogens is 456 g/mol. The number of aryl methyl sites for hydroxylation is 1. The quantitative estimate of drug-likeness (QED) is 0.454. The van der Waals surface area contributed by atoms with E-state index in [4.69, 9.17) is 4.74 Å². The molecule has 0 radical (unpaired) electrons. The van der Waals surface area contributed by atoms with E-state index in [9.17, 15) is 14.7 Å². The van der Waals surface area contributed by atoms with Crippen LogP contribution in [0.15, 0.2) is 36.7 Å². The molecule has 3 heterocycles. The molecule has 2 aromatic rings. The summed E-state index contributed by atoms with van der Waals surface area (Å²) in [6.45, 7) is 7.90. The Bertz CT molecular complexity index is 1000. The first-order chi connectivity index (χ1) is 17.5. The van der Waals surface area contributed by atoms with Crippen molar-refractivity contribution in [3.05, 3.63) is 47.8 Å². The highest BCUT2D eigenvalue weighted by molar-refractivity contribution is 5.79. The number of carbonyl (C=O) groups is 2. The summed E-state index contributed by atoms with van der Waals surface area (Å²) >= 11 is 0. The maximum Gasteiger partial charge on any atom is 0.308 e. The lowest BCUT2D eigenvalue weighted by atomic mass is 9.83. The summed E-state index contributed by atoms with van der Waals surface area (Å²) in [6.07, 6.45) is 9.15. The van der Waals surface area contributed by atoms with Crippen LogP contribution in [0.5, 0.6) is 5.75 Å². The average molecular weight is 497 g/mol. The van der Waals surface area contributed by atoms with Crippen molar-refractivity contribution in [1.29, 1.82) is 0 Å². The van der Waals surface area contributed by atoms with Crippen molar-refractivity contribution in [3.63, 3.8) is 0 Å². The standard InChI is InChI=1S/C28H40N4O4/c1-3-5-13-30(14-6-4-2)26(33)20-31-19-23(21-8-9-25-22(18-21)11-17-36-25)27(28(34)35)24(31)10-16-32-15-7-12-29-32/h7-9,12,15,18,23-24,27H,3-6,10-11,13-14,16-17,19-20H2,1-2H3,(H,34,35)/t23-,24+,27?/m1/s1. The lowest BCUT2D eigenvalue weighted by Crippen LogP contribution is -2.45. The van der Waals surface area contributed by atoms with Gasteiger partial charge in [0.1, 0.15) is 5.75 Å².